The molecule has 0 radical (unpaired) electrons. The fourth-order valence-electron chi connectivity index (χ4n) is 4.33. The molecule has 1 saturated heterocycles. The predicted molar refractivity (Wildman–Crippen MR) is 147 cm³/mol. The minimum absolute atomic E-state index is 0.00888. The molecule has 1 fully saturated rings. The van der Waals surface area contributed by atoms with Crippen LogP contribution in [0.5, 0.6) is 11.5 Å². The minimum Gasteiger partial charge on any atom is -0.493 e. The summed E-state index contributed by atoms with van der Waals surface area (Å²) in [6.07, 6.45) is 1.28. The number of nitrogens with zero attached hydrogens (tertiary/aromatic N) is 2. The monoisotopic (exact) mass is 575 g/mol. The van der Waals surface area contributed by atoms with E-state index in [0.29, 0.717) is 24.4 Å². The number of carbonyl (C=O) groups is 2. The zero-order valence-corrected chi connectivity index (χ0v) is 23.1. The quantitative estimate of drug-likeness (QED) is 0.394. The number of amides is 2. The lowest BCUT2D eigenvalue weighted by molar-refractivity contribution is -0.117. The van der Waals surface area contributed by atoms with Gasteiger partial charge in [-0.25, -0.2) is 12.8 Å². The van der Waals surface area contributed by atoms with Crippen molar-refractivity contribution in [2.75, 3.05) is 41.8 Å². The standard InChI is InChI=1S/C27H27ClFN3O6S/c1-17-13-18(6-10-23(17)31-12-4-5-27(31)34)30-26(33)16-32(19-7-9-22(29)21(28)14-19)39(35,36)20-8-11-24(37-2)25(15-20)38-3/h6-11,13-15H,4-5,12,16H2,1-3H3,(H,30,33). The van der Waals surface area contributed by atoms with Crippen molar-refractivity contribution in [3.63, 3.8) is 0 Å². The highest BCUT2D eigenvalue weighted by atomic mass is 35.5. The lowest BCUT2D eigenvalue weighted by Crippen LogP contribution is -2.38. The number of anilines is 3. The Morgan fingerprint density at radius 2 is 1.82 bits per heavy atom. The van der Waals surface area contributed by atoms with Gasteiger partial charge < -0.3 is 19.7 Å². The third kappa shape index (κ3) is 5.94. The molecule has 0 aromatic heterocycles. The van der Waals surface area contributed by atoms with E-state index in [2.05, 4.69) is 5.32 Å². The number of carbonyl (C=O) groups excluding carboxylic acids is 2. The Morgan fingerprint density at radius 3 is 2.44 bits per heavy atom. The van der Waals surface area contributed by atoms with Gasteiger partial charge in [-0.2, -0.15) is 0 Å². The largest absolute Gasteiger partial charge is 0.493 e. The number of aryl methyl sites for hydroxylation is 1. The molecule has 0 bridgehead atoms. The van der Waals surface area contributed by atoms with Gasteiger partial charge in [0.2, 0.25) is 11.8 Å². The van der Waals surface area contributed by atoms with Crippen LogP contribution in [-0.4, -0.2) is 47.5 Å². The molecular formula is C27H27ClFN3O6S. The van der Waals surface area contributed by atoms with E-state index < -0.39 is 28.3 Å². The summed E-state index contributed by atoms with van der Waals surface area (Å²) in [7, 11) is -1.56. The average molecular weight is 576 g/mol. The molecule has 1 aliphatic rings. The Hall–Kier alpha value is -3.83. The number of nitrogens with one attached hydrogen (secondary N) is 1. The van der Waals surface area contributed by atoms with Gasteiger partial charge in [0.1, 0.15) is 12.4 Å². The van der Waals surface area contributed by atoms with Crippen LogP contribution in [0.4, 0.5) is 21.5 Å². The fourth-order valence-corrected chi connectivity index (χ4v) is 5.93. The molecule has 0 atom stereocenters. The molecule has 1 N–H and O–H groups in total. The molecule has 206 valence electrons. The topological polar surface area (TPSA) is 105 Å². The fraction of sp³-hybridized carbons (Fsp3) is 0.259. The second-order valence-corrected chi connectivity index (χ2v) is 11.1. The van der Waals surface area contributed by atoms with Crippen molar-refractivity contribution >= 4 is 50.5 Å². The maximum atomic E-state index is 13.9. The number of benzene rings is 3. The van der Waals surface area contributed by atoms with Crippen molar-refractivity contribution in [1.82, 2.24) is 0 Å². The molecule has 0 spiro atoms. The van der Waals surface area contributed by atoms with E-state index in [9.17, 15) is 22.4 Å². The van der Waals surface area contributed by atoms with Crippen molar-refractivity contribution in [1.29, 1.82) is 0 Å². The Labute approximate surface area is 231 Å². The molecule has 3 aromatic carbocycles. The Kier molecular flexibility index (Phi) is 8.31. The van der Waals surface area contributed by atoms with Crippen molar-refractivity contribution in [2.45, 2.75) is 24.7 Å². The van der Waals surface area contributed by atoms with Gasteiger partial charge in [-0.1, -0.05) is 11.6 Å². The molecule has 2 amide bonds. The number of sulfonamides is 1. The van der Waals surface area contributed by atoms with Gasteiger partial charge in [0.15, 0.2) is 11.5 Å². The maximum Gasteiger partial charge on any atom is 0.264 e. The molecule has 39 heavy (non-hydrogen) atoms. The molecule has 4 rings (SSSR count). The Morgan fingerprint density at radius 1 is 1.08 bits per heavy atom. The summed E-state index contributed by atoms with van der Waals surface area (Å²) in [5.41, 5.74) is 1.95. The first-order valence-corrected chi connectivity index (χ1v) is 13.8. The average Bonchev–Trinajstić information content (AvgIpc) is 3.33. The zero-order valence-electron chi connectivity index (χ0n) is 21.5. The number of hydrogen-bond donors (Lipinski definition) is 1. The van der Waals surface area contributed by atoms with Gasteiger partial charge in [-0.05, 0) is 67.4 Å². The molecule has 0 unspecified atom stereocenters. The summed E-state index contributed by atoms with van der Waals surface area (Å²) < 4.78 is 52.6. The molecular weight excluding hydrogens is 549 g/mol. The SMILES string of the molecule is COc1ccc(S(=O)(=O)N(CC(=O)Nc2ccc(N3CCCC3=O)c(C)c2)c2ccc(F)c(Cl)c2)cc1OC. The van der Waals surface area contributed by atoms with Crippen molar-refractivity contribution in [2.24, 2.45) is 0 Å². The van der Waals surface area contributed by atoms with E-state index in [-0.39, 0.29) is 27.3 Å². The van der Waals surface area contributed by atoms with Crippen LogP contribution in [0.2, 0.25) is 5.02 Å². The van der Waals surface area contributed by atoms with Gasteiger partial charge in [0, 0.05) is 30.4 Å². The lowest BCUT2D eigenvalue weighted by Gasteiger charge is -2.25. The predicted octanol–water partition coefficient (Wildman–Crippen LogP) is 4.77. The Balaban J connectivity index is 1.64. The maximum absolute atomic E-state index is 13.9. The summed E-state index contributed by atoms with van der Waals surface area (Å²) in [5.74, 6) is -0.847. The van der Waals surface area contributed by atoms with Crippen molar-refractivity contribution in [3.8, 4) is 11.5 Å². The smallest absolute Gasteiger partial charge is 0.264 e. The molecule has 3 aromatic rings. The summed E-state index contributed by atoms with van der Waals surface area (Å²) >= 11 is 5.94. The first kappa shape index (κ1) is 28.2. The van der Waals surface area contributed by atoms with Crippen molar-refractivity contribution < 1.29 is 31.9 Å². The third-order valence-electron chi connectivity index (χ3n) is 6.27. The second-order valence-electron chi connectivity index (χ2n) is 8.83. The summed E-state index contributed by atoms with van der Waals surface area (Å²) in [5, 5.41) is 2.40. The van der Waals surface area contributed by atoms with E-state index in [4.69, 9.17) is 21.1 Å². The first-order chi connectivity index (χ1) is 18.5. The van der Waals surface area contributed by atoms with Crippen LogP contribution < -0.4 is 24.0 Å². The molecule has 0 aliphatic carbocycles. The van der Waals surface area contributed by atoms with Crippen LogP contribution in [-0.2, 0) is 19.6 Å². The normalized spacial score (nSPS) is 13.4. The number of hydrogen-bond acceptors (Lipinski definition) is 6. The summed E-state index contributed by atoms with van der Waals surface area (Å²) in [6.45, 7) is 1.82. The highest BCUT2D eigenvalue weighted by Gasteiger charge is 2.29. The van der Waals surface area contributed by atoms with Crippen molar-refractivity contribution in [3.05, 3.63) is 71.0 Å². The van der Waals surface area contributed by atoms with Crippen LogP contribution in [0, 0.1) is 12.7 Å². The minimum atomic E-state index is -4.35. The third-order valence-corrected chi connectivity index (χ3v) is 8.33. The molecule has 0 saturated carbocycles. The second kappa shape index (κ2) is 11.5. The van der Waals surface area contributed by atoms with Gasteiger partial charge in [-0.15, -0.1) is 0 Å². The highest BCUT2D eigenvalue weighted by Crippen LogP contribution is 2.33. The van der Waals surface area contributed by atoms with Gasteiger partial charge in [-0.3, -0.25) is 13.9 Å². The molecule has 9 nitrogen and oxygen atoms in total. The van der Waals surface area contributed by atoms with Crippen LogP contribution in [0.3, 0.4) is 0 Å². The number of halogens is 2. The van der Waals surface area contributed by atoms with E-state index >= 15 is 0 Å². The molecule has 12 heteroatoms. The van der Waals surface area contributed by atoms with Crippen LogP contribution in [0.15, 0.2) is 59.5 Å². The highest BCUT2D eigenvalue weighted by molar-refractivity contribution is 7.92. The van der Waals surface area contributed by atoms with E-state index in [0.717, 1.165) is 34.1 Å². The molecule has 1 aliphatic heterocycles. The van der Waals surface area contributed by atoms with E-state index in [1.165, 1.54) is 38.5 Å². The summed E-state index contributed by atoms with van der Waals surface area (Å²) in [4.78, 5) is 26.8. The van der Waals surface area contributed by atoms with Crippen LogP contribution in [0.25, 0.3) is 0 Å². The zero-order chi connectivity index (χ0) is 28.3. The lowest BCUT2D eigenvalue weighted by atomic mass is 10.1. The van der Waals surface area contributed by atoms with E-state index in [1.54, 1.807) is 23.1 Å². The molecule has 1 heterocycles. The summed E-state index contributed by atoms with van der Waals surface area (Å²) in [6, 6.07) is 12.5. The van der Waals surface area contributed by atoms with Crippen LogP contribution >= 0.6 is 11.6 Å². The first-order valence-electron chi connectivity index (χ1n) is 12.0. The number of rotatable bonds is 9. The number of methoxy groups -OCH3 is 2. The van der Waals surface area contributed by atoms with Gasteiger partial charge in [0.25, 0.3) is 10.0 Å². The number of ether oxygens (including phenoxy) is 2. The van der Waals surface area contributed by atoms with Crippen LogP contribution in [0.1, 0.15) is 18.4 Å². The Bertz CT molecular complexity index is 1530. The van der Waals surface area contributed by atoms with E-state index in [1.807, 2.05) is 6.92 Å². The van der Waals surface area contributed by atoms with Gasteiger partial charge in [0.05, 0.1) is 29.8 Å². The van der Waals surface area contributed by atoms with Gasteiger partial charge >= 0.3 is 0 Å².